The minimum atomic E-state index is -1.39. The summed E-state index contributed by atoms with van der Waals surface area (Å²) >= 11 is 0. The van der Waals surface area contributed by atoms with Crippen molar-refractivity contribution in [1.82, 2.24) is 0 Å². The lowest BCUT2D eigenvalue weighted by atomic mass is 10.0. The van der Waals surface area contributed by atoms with Crippen LogP contribution in [-0.4, -0.2) is 26.9 Å². The number of carboxylic acid groups (broad SMARTS) is 1. The van der Waals surface area contributed by atoms with Crippen LogP contribution in [0, 0.1) is 0 Å². The van der Waals surface area contributed by atoms with Crippen molar-refractivity contribution in [2.45, 2.75) is 19.4 Å². The molecule has 1 aromatic heterocycles. The van der Waals surface area contributed by atoms with Gasteiger partial charge in [0.15, 0.2) is 5.60 Å². The highest BCUT2D eigenvalue weighted by atomic mass is 16.5. The third-order valence-corrected chi connectivity index (χ3v) is 3.89. The molecule has 0 spiro atoms. The Labute approximate surface area is 147 Å². The van der Waals surface area contributed by atoms with Crippen LogP contribution in [0.3, 0.4) is 0 Å². The molecule has 1 heterocycles. The molecule has 0 aliphatic heterocycles. The summed E-state index contributed by atoms with van der Waals surface area (Å²) in [5.74, 6) is -1.36. The quantitative estimate of drug-likeness (QED) is 0.657. The van der Waals surface area contributed by atoms with Crippen molar-refractivity contribution in [2.75, 3.05) is 0 Å². The van der Waals surface area contributed by atoms with Crippen LogP contribution in [-0.2, 0) is 4.79 Å². The Bertz CT molecular complexity index is 1050. The number of carboxylic acids is 1. The van der Waals surface area contributed by atoms with Crippen LogP contribution in [0.5, 0.6) is 17.2 Å². The van der Waals surface area contributed by atoms with E-state index in [1.54, 1.807) is 24.3 Å². The average molecular weight is 356 g/mol. The van der Waals surface area contributed by atoms with Crippen molar-refractivity contribution in [3.8, 4) is 28.4 Å². The van der Waals surface area contributed by atoms with Gasteiger partial charge in [-0.2, -0.15) is 0 Å². The number of rotatable bonds is 4. The van der Waals surface area contributed by atoms with Crippen LogP contribution in [0.2, 0.25) is 0 Å². The van der Waals surface area contributed by atoms with E-state index >= 15 is 0 Å². The van der Waals surface area contributed by atoms with Crippen LogP contribution < -0.4 is 10.2 Å². The maximum Gasteiger partial charge on any atom is 0.347 e. The van der Waals surface area contributed by atoms with E-state index in [1.165, 1.54) is 26.2 Å². The van der Waals surface area contributed by atoms with Gasteiger partial charge < -0.3 is 24.5 Å². The third-order valence-electron chi connectivity index (χ3n) is 3.89. The molecule has 3 N–H and O–H groups in total. The minimum Gasteiger partial charge on any atom is -0.508 e. The van der Waals surface area contributed by atoms with Gasteiger partial charge in [0.2, 0.25) is 5.43 Å². The molecular formula is C19H16O7. The van der Waals surface area contributed by atoms with Crippen molar-refractivity contribution in [1.29, 1.82) is 0 Å². The predicted octanol–water partition coefficient (Wildman–Crippen LogP) is 3.11. The fraction of sp³-hybridized carbons (Fsp3) is 0.158. The summed E-state index contributed by atoms with van der Waals surface area (Å²) in [6, 6.07) is 8.56. The Morgan fingerprint density at radius 2 is 1.77 bits per heavy atom. The molecule has 0 unspecified atom stereocenters. The lowest BCUT2D eigenvalue weighted by Gasteiger charge is -2.21. The predicted molar refractivity (Wildman–Crippen MR) is 93.6 cm³/mol. The van der Waals surface area contributed by atoms with Gasteiger partial charge in [-0.1, -0.05) is 12.1 Å². The van der Waals surface area contributed by atoms with E-state index < -0.39 is 17.0 Å². The molecule has 7 heteroatoms. The highest BCUT2D eigenvalue weighted by Crippen LogP contribution is 2.30. The van der Waals surface area contributed by atoms with Gasteiger partial charge in [-0.05, 0) is 31.5 Å². The maximum atomic E-state index is 12.7. The number of hydrogen-bond donors (Lipinski definition) is 3. The van der Waals surface area contributed by atoms with E-state index in [2.05, 4.69) is 0 Å². The number of hydrogen-bond acceptors (Lipinski definition) is 6. The maximum absolute atomic E-state index is 12.7. The minimum absolute atomic E-state index is 0.0346. The van der Waals surface area contributed by atoms with Crippen LogP contribution in [0.1, 0.15) is 13.8 Å². The van der Waals surface area contributed by atoms with Crippen LogP contribution in [0.25, 0.3) is 22.1 Å². The Hall–Kier alpha value is -3.48. The zero-order chi connectivity index (χ0) is 19.1. The first-order valence-corrected chi connectivity index (χ1v) is 7.69. The second-order valence-corrected chi connectivity index (χ2v) is 6.26. The van der Waals surface area contributed by atoms with Crippen molar-refractivity contribution in [3.05, 3.63) is 52.9 Å². The number of ether oxygens (including phenoxy) is 1. The molecule has 0 bridgehead atoms. The zero-order valence-corrected chi connectivity index (χ0v) is 14.0. The molecule has 3 aromatic rings. The van der Waals surface area contributed by atoms with Crippen molar-refractivity contribution < 1.29 is 29.3 Å². The second kappa shape index (κ2) is 6.11. The fourth-order valence-corrected chi connectivity index (χ4v) is 2.46. The van der Waals surface area contributed by atoms with Gasteiger partial charge >= 0.3 is 5.97 Å². The Morgan fingerprint density at radius 1 is 1.12 bits per heavy atom. The molecule has 134 valence electrons. The van der Waals surface area contributed by atoms with Crippen molar-refractivity contribution in [2.24, 2.45) is 0 Å². The number of aromatic hydroxyl groups is 2. The number of phenols is 2. The van der Waals surface area contributed by atoms with Crippen molar-refractivity contribution in [3.63, 3.8) is 0 Å². The normalized spacial score (nSPS) is 11.5. The van der Waals surface area contributed by atoms with Crippen LogP contribution >= 0.6 is 0 Å². The van der Waals surface area contributed by atoms with Gasteiger partial charge in [-0.3, -0.25) is 4.79 Å². The summed E-state index contributed by atoms with van der Waals surface area (Å²) in [6.45, 7) is 2.86. The smallest absolute Gasteiger partial charge is 0.347 e. The van der Waals surface area contributed by atoms with E-state index in [0.717, 1.165) is 6.07 Å². The first-order valence-electron chi connectivity index (χ1n) is 7.69. The molecule has 26 heavy (non-hydrogen) atoms. The average Bonchev–Trinajstić information content (AvgIpc) is 2.55. The number of aliphatic carboxylic acids is 1. The SMILES string of the molecule is CC(C)(Oc1ccc(-c2coc3cc(O)cc(O)c3c2=O)cc1)C(=O)O. The van der Waals surface area contributed by atoms with E-state index in [4.69, 9.17) is 14.3 Å². The van der Waals surface area contributed by atoms with E-state index in [1.807, 2.05) is 0 Å². The van der Waals surface area contributed by atoms with E-state index in [9.17, 15) is 19.8 Å². The second-order valence-electron chi connectivity index (χ2n) is 6.26. The lowest BCUT2D eigenvalue weighted by Crippen LogP contribution is -2.37. The number of benzene rings is 2. The number of carbonyl (C=O) groups is 1. The highest BCUT2D eigenvalue weighted by Gasteiger charge is 2.29. The molecule has 0 amide bonds. The molecule has 0 fully saturated rings. The molecular weight excluding hydrogens is 340 g/mol. The summed E-state index contributed by atoms with van der Waals surface area (Å²) in [6.07, 6.45) is 1.24. The molecule has 2 aromatic carbocycles. The standard InChI is InChI=1S/C19H16O7/c1-19(2,18(23)24)26-12-5-3-10(4-6-12)13-9-25-15-8-11(20)7-14(21)16(15)17(13)22/h3-9,20-21H,1-2H3,(H,23,24). The van der Waals surface area contributed by atoms with Gasteiger partial charge in [0.05, 0.1) is 5.56 Å². The van der Waals surface area contributed by atoms with E-state index in [-0.39, 0.29) is 28.0 Å². The van der Waals surface area contributed by atoms with Crippen LogP contribution in [0.4, 0.5) is 0 Å². The summed E-state index contributed by atoms with van der Waals surface area (Å²) in [7, 11) is 0. The van der Waals surface area contributed by atoms with E-state index in [0.29, 0.717) is 11.3 Å². The highest BCUT2D eigenvalue weighted by molar-refractivity contribution is 5.88. The molecule has 0 saturated carbocycles. The number of phenolic OH excluding ortho intramolecular Hbond substituents is 2. The molecule has 0 radical (unpaired) electrons. The Balaban J connectivity index is 2.01. The van der Waals surface area contributed by atoms with Gasteiger partial charge in [0, 0.05) is 12.1 Å². The molecule has 0 aliphatic carbocycles. The van der Waals surface area contributed by atoms with Gasteiger partial charge in [-0.15, -0.1) is 0 Å². The fourth-order valence-electron chi connectivity index (χ4n) is 2.46. The molecule has 0 atom stereocenters. The van der Waals surface area contributed by atoms with Gasteiger partial charge in [0.25, 0.3) is 0 Å². The molecule has 7 nitrogen and oxygen atoms in total. The monoisotopic (exact) mass is 356 g/mol. The molecule has 3 rings (SSSR count). The summed E-state index contributed by atoms with van der Waals surface area (Å²) in [5.41, 5.74) is -1.06. The topological polar surface area (TPSA) is 117 Å². The number of fused-ring (bicyclic) bond motifs is 1. The van der Waals surface area contributed by atoms with Crippen LogP contribution in [0.15, 0.2) is 51.9 Å². The largest absolute Gasteiger partial charge is 0.508 e. The zero-order valence-electron chi connectivity index (χ0n) is 14.0. The van der Waals surface area contributed by atoms with Gasteiger partial charge in [-0.25, -0.2) is 4.79 Å². The Morgan fingerprint density at radius 3 is 2.38 bits per heavy atom. The lowest BCUT2D eigenvalue weighted by molar-refractivity contribution is -0.152. The van der Waals surface area contributed by atoms with Gasteiger partial charge in [0.1, 0.15) is 34.5 Å². The summed E-state index contributed by atoms with van der Waals surface area (Å²) in [4.78, 5) is 23.8. The Kier molecular flexibility index (Phi) is 4.07. The third kappa shape index (κ3) is 3.06. The summed E-state index contributed by atoms with van der Waals surface area (Å²) < 4.78 is 10.8. The first kappa shape index (κ1) is 17.3. The molecule has 0 saturated heterocycles. The first-order chi connectivity index (χ1) is 12.2. The summed E-state index contributed by atoms with van der Waals surface area (Å²) in [5, 5.41) is 28.5. The molecule has 0 aliphatic rings. The van der Waals surface area contributed by atoms with Crippen molar-refractivity contribution >= 4 is 16.9 Å².